The molecule has 1 aromatic rings. The van der Waals surface area contributed by atoms with E-state index in [2.05, 4.69) is 5.32 Å². The van der Waals surface area contributed by atoms with Gasteiger partial charge in [-0.25, -0.2) is 4.39 Å². The standard InChI is InChI=1S/C11H13FN2OS/c12-7-3-8(13)5-10(4-7)16-6-9-1-2-11(15)14-9/h3-5,9H,1-2,6,13H2,(H,14,15). The van der Waals surface area contributed by atoms with E-state index in [1.807, 2.05) is 0 Å². The Balaban J connectivity index is 1.91. The van der Waals surface area contributed by atoms with E-state index in [-0.39, 0.29) is 17.8 Å². The minimum Gasteiger partial charge on any atom is -0.399 e. The van der Waals surface area contributed by atoms with Gasteiger partial charge < -0.3 is 11.1 Å². The Kier molecular flexibility index (Phi) is 3.33. The Morgan fingerprint density at radius 2 is 2.31 bits per heavy atom. The molecule has 86 valence electrons. The van der Waals surface area contributed by atoms with Crippen LogP contribution in [-0.2, 0) is 4.79 Å². The minimum absolute atomic E-state index is 0.101. The van der Waals surface area contributed by atoms with Gasteiger partial charge in [0.2, 0.25) is 5.91 Å². The normalized spacial score (nSPS) is 19.8. The number of nitrogens with one attached hydrogen (secondary N) is 1. The first-order valence-corrected chi connectivity index (χ1v) is 6.10. The summed E-state index contributed by atoms with van der Waals surface area (Å²) in [6, 6.07) is 4.69. The van der Waals surface area contributed by atoms with Crippen LogP contribution in [0.4, 0.5) is 10.1 Å². The Hall–Kier alpha value is -1.23. The first kappa shape index (κ1) is 11.3. The summed E-state index contributed by atoms with van der Waals surface area (Å²) in [5, 5.41) is 2.87. The van der Waals surface area contributed by atoms with Crippen molar-refractivity contribution < 1.29 is 9.18 Å². The molecule has 16 heavy (non-hydrogen) atoms. The number of nitrogens with two attached hydrogens (primary N) is 1. The number of hydrogen-bond acceptors (Lipinski definition) is 3. The van der Waals surface area contributed by atoms with Crippen LogP contribution in [-0.4, -0.2) is 17.7 Å². The van der Waals surface area contributed by atoms with Crippen molar-refractivity contribution in [2.75, 3.05) is 11.5 Å². The molecule has 0 aliphatic carbocycles. The summed E-state index contributed by atoms with van der Waals surface area (Å²) >= 11 is 1.51. The van der Waals surface area contributed by atoms with Crippen molar-refractivity contribution in [1.82, 2.24) is 5.32 Å². The van der Waals surface area contributed by atoms with Gasteiger partial charge in [0.05, 0.1) is 0 Å². The number of carbonyl (C=O) groups is 1. The molecular formula is C11H13FN2OS. The average molecular weight is 240 g/mol. The Morgan fingerprint density at radius 3 is 2.94 bits per heavy atom. The summed E-state index contributed by atoms with van der Waals surface area (Å²) in [7, 11) is 0. The fourth-order valence-electron chi connectivity index (χ4n) is 1.67. The van der Waals surface area contributed by atoms with Gasteiger partial charge in [-0.2, -0.15) is 0 Å². The zero-order valence-electron chi connectivity index (χ0n) is 8.70. The number of rotatable bonds is 3. The highest BCUT2D eigenvalue weighted by atomic mass is 32.2. The van der Waals surface area contributed by atoms with E-state index in [0.717, 1.165) is 17.1 Å². The van der Waals surface area contributed by atoms with Crippen molar-refractivity contribution in [2.45, 2.75) is 23.8 Å². The molecule has 1 heterocycles. The number of carbonyl (C=O) groups excluding carboxylic acids is 1. The molecule has 1 atom stereocenters. The highest BCUT2D eigenvalue weighted by Gasteiger charge is 2.20. The molecule has 1 aliphatic rings. The van der Waals surface area contributed by atoms with Gasteiger partial charge in [0.25, 0.3) is 0 Å². The summed E-state index contributed by atoms with van der Waals surface area (Å²) in [5.74, 6) is 0.538. The molecule has 0 saturated carbocycles. The SMILES string of the molecule is Nc1cc(F)cc(SCC2CCC(=O)N2)c1. The molecule has 1 aromatic carbocycles. The Labute approximate surface area is 97.6 Å². The molecule has 3 nitrogen and oxygen atoms in total. The van der Waals surface area contributed by atoms with E-state index in [1.165, 1.54) is 23.9 Å². The molecule has 1 saturated heterocycles. The predicted octanol–water partition coefficient (Wildman–Crippen LogP) is 1.78. The number of thioether (sulfide) groups is 1. The summed E-state index contributed by atoms with van der Waals surface area (Å²) < 4.78 is 13.0. The van der Waals surface area contributed by atoms with Crippen molar-refractivity contribution >= 4 is 23.4 Å². The molecule has 1 amide bonds. The third kappa shape index (κ3) is 2.88. The lowest BCUT2D eigenvalue weighted by atomic mass is 10.2. The van der Waals surface area contributed by atoms with Crippen molar-refractivity contribution in [3.8, 4) is 0 Å². The predicted molar refractivity (Wildman–Crippen MR) is 62.7 cm³/mol. The second-order valence-corrected chi connectivity index (χ2v) is 4.93. The molecule has 3 N–H and O–H groups in total. The first-order chi connectivity index (χ1) is 7.63. The number of anilines is 1. The smallest absolute Gasteiger partial charge is 0.220 e. The van der Waals surface area contributed by atoms with Gasteiger partial charge in [0.1, 0.15) is 5.82 Å². The minimum atomic E-state index is -0.321. The maximum atomic E-state index is 13.0. The molecule has 1 aliphatic heterocycles. The fourth-order valence-corrected chi connectivity index (χ4v) is 2.73. The summed E-state index contributed by atoms with van der Waals surface area (Å²) in [4.78, 5) is 11.8. The number of nitrogen functional groups attached to an aromatic ring is 1. The van der Waals surface area contributed by atoms with Gasteiger partial charge in [0, 0.05) is 28.8 Å². The third-order valence-electron chi connectivity index (χ3n) is 2.43. The van der Waals surface area contributed by atoms with Crippen LogP contribution in [0.25, 0.3) is 0 Å². The van der Waals surface area contributed by atoms with E-state index in [1.54, 1.807) is 6.07 Å². The second kappa shape index (κ2) is 4.74. The van der Waals surface area contributed by atoms with Gasteiger partial charge in [-0.05, 0) is 24.6 Å². The van der Waals surface area contributed by atoms with Gasteiger partial charge in [-0.15, -0.1) is 11.8 Å². The van der Waals surface area contributed by atoms with Gasteiger partial charge in [-0.3, -0.25) is 4.79 Å². The molecule has 0 spiro atoms. The lowest BCUT2D eigenvalue weighted by Crippen LogP contribution is -2.27. The van der Waals surface area contributed by atoms with E-state index >= 15 is 0 Å². The lowest BCUT2D eigenvalue weighted by molar-refractivity contribution is -0.119. The molecule has 1 unspecified atom stereocenters. The lowest BCUT2D eigenvalue weighted by Gasteiger charge is -2.09. The summed E-state index contributed by atoms with van der Waals surface area (Å²) in [6.45, 7) is 0. The van der Waals surface area contributed by atoms with Crippen LogP contribution in [0.15, 0.2) is 23.1 Å². The number of benzene rings is 1. The van der Waals surface area contributed by atoms with Crippen LogP contribution < -0.4 is 11.1 Å². The summed E-state index contributed by atoms with van der Waals surface area (Å²) in [5.41, 5.74) is 5.97. The maximum absolute atomic E-state index is 13.0. The quantitative estimate of drug-likeness (QED) is 0.625. The molecular weight excluding hydrogens is 227 g/mol. The Bertz CT molecular complexity index is 391. The van der Waals surface area contributed by atoms with Crippen molar-refractivity contribution in [1.29, 1.82) is 0 Å². The molecule has 5 heteroatoms. The van der Waals surface area contributed by atoms with Crippen LogP contribution in [0, 0.1) is 5.82 Å². The topological polar surface area (TPSA) is 55.1 Å². The number of amides is 1. The van der Waals surface area contributed by atoms with Crippen molar-refractivity contribution in [3.05, 3.63) is 24.0 Å². The highest BCUT2D eigenvalue weighted by molar-refractivity contribution is 7.99. The largest absolute Gasteiger partial charge is 0.399 e. The fraction of sp³-hybridized carbons (Fsp3) is 0.364. The molecule has 0 aromatic heterocycles. The van der Waals surface area contributed by atoms with Crippen LogP contribution in [0.2, 0.25) is 0 Å². The van der Waals surface area contributed by atoms with Gasteiger partial charge >= 0.3 is 0 Å². The number of halogens is 1. The van der Waals surface area contributed by atoms with Crippen LogP contribution in [0.1, 0.15) is 12.8 Å². The maximum Gasteiger partial charge on any atom is 0.220 e. The van der Waals surface area contributed by atoms with Gasteiger partial charge in [0.15, 0.2) is 0 Å². The summed E-state index contributed by atoms with van der Waals surface area (Å²) in [6.07, 6.45) is 1.45. The van der Waals surface area contributed by atoms with Crippen LogP contribution in [0.3, 0.4) is 0 Å². The molecule has 0 radical (unpaired) electrons. The monoisotopic (exact) mass is 240 g/mol. The van der Waals surface area contributed by atoms with E-state index in [4.69, 9.17) is 5.73 Å². The third-order valence-corrected chi connectivity index (χ3v) is 3.57. The Morgan fingerprint density at radius 1 is 1.50 bits per heavy atom. The van der Waals surface area contributed by atoms with Crippen LogP contribution >= 0.6 is 11.8 Å². The molecule has 2 rings (SSSR count). The first-order valence-electron chi connectivity index (χ1n) is 5.12. The highest BCUT2D eigenvalue weighted by Crippen LogP contribution is 2.24. The van der Waals surface area contributed by atoms with Crippen LogP contribution in [0.5, 0.6) is 0 Å². The zero-order chi connectivity index (χ0) is 11.5. The molecule has 1 fully saturated rings. The second-order valence-electron chi connectivity index (χ2n) is 3.83. The van der Waals surface area contributed by atoms with E-state index < -0.39 is 0 Å². The van der Waals surface area contributed by atoms with E-state index in [0.29, 0.717) is 12.1 Å². The molecule has 0 bridgehead atoms. The van der Waals surface area contributed by atoms with E-state index in [9.17, 15) is 9.18 Å². The number of hydrogen-bond donors (Lipinski definition) is 2. The van der Waals surface area contributed by atoms with Gasteiger partial charge in [-0.1, -0.05) is 0 Å². The van der Waals surface area contributed by atoms with Crippen molar-refractivity contribution in [2.24, 2.45) is 0 Å². The average Bonchev–Trinajstić information content (AvgIpc) is 2.60. The zero-order valence-corrected chi connectivity index (χ0v) is 9.52. The van der Waals surface area contributed by atoms with Crippen molar-refractivity contribution in [3.63, 3.8) is 0 Å².